The Morgan fingerprint density at radius 3 is 2.67 bits per heavy atom. The molecule has 63 valence electrons. The van der Waals surface area contributed by atoms with Crippen LogP contribution in [-0.2, 0) is 6.42 Å². The Bertz CT molecular complexity index is 211. The van der Waals surface area contributed by atoms with E-state index >= 15 is 0 Å². The van der Waals surface area contributed by atoms with Crippen LogP contribution >= 0.6 is 0 Å². The molecule has 12 heavy (non-hydrogen) atoms. The lowest BCUT2D eigenvalue weighted by atomic mass is 10.1. The molecule has 0 heteroatoms. The van der Waals surface area contributed by atoms with E-state index < -0.39 is 0 Å². The summed E-state index contributed by atoms with van der Waals surface area (Å²) >= 11 is 0. The molecule has 0 fully saturated rings. The third-order valence-electron chi connectivity index (χ3n) is 1.91. The Morgan fingerprint density at radius 2 is 2.00 bits per heavy atom. The van der Waals surface area contributed by atoms with Crippen LogP contribution in [0.25, 0.3) is 0 Å². The van der Waals surface area contributed by atoms with Gasteiger partial charge in [0, 0.05) is 0 Å². The van der Waals surface area contributed by atoms with Gasteiger partial charge in [-0.05, 0) is 37.3 Å². The van der Waals surface area contributed by atoms with Crippen molar-refractivity contribution in [2.24, 2.45) is 0 Å². The third-order valence-corrected chi connectivity index (χ3v) is 1.91. The Morgan fingerprint density at radius 1 is 1.25 bits per heavy atom. The van der Waals surface area contributed by atoms with Gasteiger partial charge in [-0.3, -0.25) is 0 Å². The van der Waals surface area contributed by atoms with Gasteiger partial charge in [0.25, 0.3) is 0 Å². The molecule has 0 saturated carbocycles. The molecule has 0 aliphatic heterocycles. The Labute approximate surface area is 74.9 Å². The minimum absolute atomic E-state index is 1.14. The van der Waals surface area contributed by atoms with Crippen LogP contribution in [0.2, 0.25) is 0 Å². The maximum atomic E-state index is 3.70. The number of hydrogen-bond acceptors (Lipinski definition) is 0. The lowest BCUT2D eigenvalue weighted by molar-refractivity contribution is 0.748. The molecule has 0 aromatic heterocycles. The SMILES string of the molecule is C=CCCCCc1cc[c]cc1. The van der Waals surface area contributed by atoms with E-state index in [0.29, 0.717) is 0 Å². The van der Waals surface area contributed by atoms with Gasteiger partial charge in [-0.1, -0.05) is 30.3 Å². The van der Waals surface area contributed by atoms with Gasteiger partial charge in [0.2, 0.25) is 0 Å². The summed E-state index contributed by atoms with van der Waals surface area (Å²) in [6, 6.07) is 11.2. The highest BCUT2D eigenvalue weighted by atomic mass is 14.0. The molecule has 0 N–H and O–H groups in total. The highest BCUT2D eigenvalue weighted by molar-refractivity contribution is 5.13. The quantitative estimate of drug-likeness (QED) is 0.456. The summed E-state index contributed by atoms with van der Waals surface area (Å²) in [6.45, 7) is 3.70. The molecule has 0 bridgehead atoms. The minimum Gasteiger partial charge on any atom is -0.103 e. The van der Waals surface area contributed by atoms with Gasteiger partial charge in [-0.2, -0.15) is 0 Å². The van der Waals surface area contributed by atoms with Crippen molar-refractivity contribution in [1.29, 1.82) is 0 Å². The molecule has 0 spiro atoms. The van der Waals surface area contributed by atoms with Crippen LogP contribution in [0.5, 0.6) is 0 Å². The molecular formula is C12H15. The normalized spacial score (nSPS) is 9.67. The summed E-state index contributed by atoms with van der Waals surface area (Å²) in [5, 5.41) is 0. The molecule has 0 aliphatic carbocycles. The van der Waals surface area contributed by atoms with Crippen molar-refractivity contribution in [2.45, 2.75) is 25.7 Å². The van der Waals surface area contributed by atoms with E-state index in [0.717, 1.165) is 6.42 Å². The molecular weight excluding hydrogens is 144 g/mol. The zero-order chi connectivity index (χ0) is 8.65. The van der Waals surface area contributed by atoms with Crippen molar-refractivity contribution in [3.05, 3.63) is 48.6 Å². The zero-order valence-electron chi connectivity index (χ0n) is 7.42. The lowest BCUT2D eigenvalue weighted by Gasteiger charge is -1.98. The van der Waals surface area contributed by atoms with Crippen LogP contribution in [0.4, 0.5) is 0 Å². The van der Waals surface area contributed by atoms with Crippen LogP contribution in [0.1, 0.15) is 24.8 Å². The predicted molar refractivity (Wildman–Crippen MR) is 53.0 cm³/mol. The molecule has 0 aliphatic rings. The monoisotopic (exact) mass is 159 g/mol. The smallest absolute Gasteiger partial charge is 0.0184 e. The first-order valence-electron chi connectivity index (χ1n) is 4.49. The second-order valence-corrected chi connectivity index (χ2v) is 2.94. The molecule has 0 atom stereocenters. The molecule has 0 heterocycles. The van der Waals surface area contributed by atoms with Crippen molar-refractivity contribution in [3.8, 4) is 0 Å². The first kappa shape index (κ1) is 9.05. The number of unbranched alkanes of at least 4 members (excludes halogenated alkanes) is 2. The zero-order valence-corrected chi connectivity index (χ0v) is 7.42. The number of hydrogen-bond donors (Lipinski definition) is 0. The number of allylic oxidation sites excluding steroid dienone is 1. The summed E-state index contributed by atoms with van der Waals surface area (Å²) < 4.78 is 0. The second-order valence-electron chi connectivity index (χ2n) is 2.94. The Hall–Kier alpha value is -1.04. The fraction of sp³-hybridized carbons (Fsp3) is 0.333. The standard InChI is InChI=1S/C12H15/c1-2-3-4-6-9-12-10-7-5-8-11-12/h2,7-8,10-11H,1,3-4,6,9H2. The maximum Gasteiger partial charge on any atom is -0.0184 e. The first-order valence-corrected chi connectivity index (χ1v) is 4.49. The van der Waals surface area contributed by atoms with E-state index in [1.807, 2.05) is 18.2 Å². The van der Waals surface area contributed by atoms with Gasteiger partial charge in [0.15, 0.2) is 0 Å². The van der Waals surface area contributed by atoms with Gasteiger partial charge in [-0.25, -0.2) is 0 Å². The van der Waals surface area contributed by atoms with E-state index in [4.69, 9.17) is 0 Å². The topological polar surface area (TPSA) is 0 Å². The van der Waals surface area contributed by atoms with Crippen molar-refractivity contribution >= 4 is 0 Å². The van der Waals surface area contributed by atoms with Crippen LogP contribution in [0.3, 0.4) is 0 Å². The molecule has 1 radical (unpaired) electrons. The third kappa shape index (κ3) is 3.38. The van der Waals surface area contributed by atoms with Crippen LogP contribution in [-0.4, -0.2) is 0 Å². The summed E-state index contributed by atoms with van der Waals surface area (Å²) in [6.07, 6.45) is 6.82. The van der Waals surface area contributed by atoms with E-state index in [9.17, 15) is 0 Å². The van der Waals surface area contributed by atoms with E-state index in [1.165, 1.54) is 24.8 Å². The molecule has 0 saturated heterocycles. The molecule has 1 rings (SSSR count). The summed E-state index contributed by atoms with van der Waals surface area (Å²) in [5.74, 6) is 0. The summed E-state index contributed by atoms with van der Waals surface area (Å²) in [7, 11) is 0. The second kappa shape index (κ2) is 5.59. The highest BCUT2D eigenvalue weighted by Gasteiger charge is 1.90. The number of rotatable bonds is 5. The minimum atomic E-state index is 1.14. The van der Waals surface area contributed by atoms with E-state index in [1.54, 1.807) is 0 Å². The van der Waals surface area contributed by atoms with Gasteiger partial charge in [0.1, 0.15) is 0 Å². The average molecular weight is 159 g/mol. The van der Waals surface area contributed by atoms with Crippen molar-refractivity contribution in [3.63, 3.8) is 0 Å². The Balaban J connectivity index is 2.20. The molecule has 0 unspecified atom stereocenters. The van der Waals surface area contributed by atoms with Crippen LogP contribution in [0, 0.1) is 6.07 Å². The Kier molecular flexibility index (Phi) is 4.22. The molecule has 1 aromatic rings. The van der Waals surface area contributed by atoms with Gasteiger partial charge in [0.05, 0.1) is 0 Å². The van der Waals surface area contributed by atoms with Crippen molar-refractivity contribution in [1.82, 2.24) is 0 Å². The molecule has 0 nitrogen and oxygen atoms in total. The summed E-state index contributed by atoms with van der Waals surface area (Å²) in [5.41, 5.74) is 1.41. The molecule has 0 amide bonds. The van der Waals surface area contributed by atoms with Gasteiger partial charge >= 0.3 is 0 Å². The van der Waals surface area contributed by atoms with E-state index in [2.05, 4.69) is 24.8 Å². The fourth-order valence-electron chi connectivity index (χ4n) is 1.21. The average Bonchev–Trinajstić information content (AvgIpc) is 2.14. The van der Waals surface area contributed by atoms with Gasteiger partial charge in [-0.15, -0.1) is 6.58 Å². The maximum absolute atomic E-state index is 3.70. The molecule has 1 aromatic carbocycles. The van der Waals surface area contributed by atoms with Crippen molar-refractivity contribution in [2.75, 3.05) is 0 Å². The number of aryl methyl sites for hydroxylation is 1. The predicted octanol–water partition coefficient (Wildman–Crippen LogP) is 3.39. The van der Waals surface area contributed by atoms with Gasteiger partial charge < -0.3 is 0 Å². The van der Waals surface area contributed by atoms with Crippen LogP contribution in [0.15, 0.2) is 36.9 Å². The number of benzene rings is 1. The largest absolute Gasteiger partial charge is 0.103 e. The highest BCUT2D eigenvalue weighted by Crippen LogP contribution is 2.05. The van der Waals surface area contributed by atoms with Crippen LogP contribution < -0.4 is 0 Å². The lowest BCUT2D eigenvalue weighted by Crippen LogP contribution is -1.83. The van der Waals surface area contributed by atoms with E-state index in [-0.39, 0.29) is 0 Å². The fourth-order valence-corrected chi connectivity index (χ4v) is 1.21. The first-order chi connectivity index (χ1) is 5.93. The summed E-state index contributed by atoms with van der Waals surface area (Å²) in [4.78, 5) is 0. The van der Waals surface area contributed by atoms with Crippen molar-refractivity contribution < 1.29 is 0 Å².